The zero-order chi connectivity index (χ0) is 27.0. The number of fused-ring (bicyclic) bond motifs is 2. The molecule has 0 atom stereocenters. The second-order valence-corrected chi connectivity index (χ2v) is 9.70. The molecule has 3 heterocycles. The van der Waals surface area contributed by atoms with E-state index in [1.54, 1.807) is 30.3 Å². The fraction of sp³-hybridized carbons (Fsp3) is 0.367. The van der Waals surface area contributed by atoms with Crippen molar-refractivity contribution >= 4 is 11.8 Å². The van der Waals surface area contributed by atoms with Crippen molar-refractivity contribution < 1.29 is 23.8 Å². The fourth-order valence-corrected chi connectivity index (χ4v) is 4.77. The van der Waals surface area contributed by atoms with E-state index >= 15 is 0 Å². The molecule has 0 radical (unpaired) electrons. The van der Waals surface area contributed by atoms with Crippen LogP contribution in [-0.2, 0) is 11.3 Å². The molecule has 0 N–H and O–H groups in total. The van der Waals surface area contributed by atoms with Crippen LogP contribution < -0.4 is 14.2 Å². The first-order valence-electron chi connectivity index (χ1n) is 13.4. The molecule has 204 valence electrons. The fourth-order valence-electron chi connectivity index (χ4n) is 4.77. The van der Waals surface area contributed by atoms with Crippen molar-refractivity contribution in [3.63, 3.8) is 0 Å². The number of hydrogen-bond donors (Lipinski definition) is 0. The monoisotopic (exact) mass is 530 g/mol. The lowest BCUT2D eigenvalue weighted by Crippen LogP contribution is -2.38. The van der Waals surface area contributed by atoms with Gasteiger partial charge in [0.15, 0.2) is 11.5 Å². The molecule has 2 amide bonds. The Morgan fingerprint density at radius 2 is 1.74 bits per heavy atom. The average Bonchev–Trinajstić information content (AvgIpc) is 3.37. The van der Waals surface area contributed by atoms with Gasteiger partial charge in [-0.15, -0.1) is 0 Å². The first-order chi connectivity index (χ1) is 19.1. The summed E-state index contributed by atoms with van der Waals surface area (Å²) >= 11 is 0. The number of carbonyl (C=O) groups is 2. The van der Waals surface area contributed by atoms with Gasteiger partial charge in [0.2, 0.25) is 11.8 Å². The van der Waals surface area contributed by atoms with Crippen LogP contribution in [0.5, 0.6) is 23.1 Å². The lowest BCUT2D eigenvalue weighted by Gasteiger charge is -2.26. The molecular weight excluding hydrogens is 496 g/mol. The maximum atomic E-state index is 13.3. The Bertz CT molecular complexity index is 1300. The SMILES string of the molecule is CN1CCN(Cc2ccccc2OCCN2CCCC2=O)CCOc2ccccc2Oc2ncccc2C1=O. The maximum absolute atomic E-state index is 13.3. The summed E-state index contributed by atoms with van der Waals surface area (Å²) in [5.74, 6) is 2.20. The van der Waals surface area contributed by atoms with E-state index < -0.39 is 0 Å². The van der Waals surface area contributed by atoms with E-state index in [0.29, 0.717) is 69.4 Å². The summed E-state index contributed by atoms with van der Waals surface area (Å²) in [5.41, 5.74) is 1.44. The molecule has 9 nitrogen and oxygen atoms in total. The Morgan fingerprint density at radius 3 is 2.59 bits per heavy atom. The molecule has 0 saturated carbocycles. The van der Waals surface area contributed by atoms with Gasteiger partial charge in [-0.3, -0.25) is 14.5 Å². The number of rotatable bonds is 6. The topological polar surface area (TPSA) is 84.4 Å². The molecule has 2 aliphatic heterocycles. The summed E-state index contributed by atoms with van der Waals surface area (Å²) in [6.07, 6.45) is 3.16. The van der Waals surface area contributed by atoms with Gasteiger partial charge in [0.1, 0.15) is 24.5 Å². The lowest BCUT2D eigenvalue weighted by molar-refractivity contribution is -0.128. The van der Waals surface area contributed by atoms with Crippen molar-refractivity contribution in [2.24, 2.45) is 0 Å². The van der Waals surface area contributed by atoms with Gasteiger partial charge in [-0.05, 0) is 36.8 Å². The predicted molar refractivity (Wildman–Crippen MR) is 146 cm³/mol. The highest BCUT2D eigenvalue weighted by atomic mass is 16.5. The van der Waals surface area contributed by atoms with Crippen molar-refractivity contribution in [3.8, 4) is 23.1 Å². The summed E-state index contributed by atoms with van der Waals surface area (Å²) < 4.78 is 18.3. The van der Waals surface area contributed by atoms with Crippen molar-refractivity contribution in [2.45, 2.75) is 19.4 Å². The zero-order valence-electron chi connectivity index (χ0n) is 22.3. The lowest BCUT2D eigenvalue weighted by atomic mass is 10.2. The van der Waals surface area contributed by atoms with Crippen LogP contribution in [0.4, 0.5) is 0 Å². The summed E-state index contributed by atoms with van der Waals surface area (Å²) in [7, 11) is 1.79. The standard InChI is InChI=1S/C30H34N4O5/c1-32-16-17-33(22-23-8-2-3-10-25(23)37-21-19-34-15-7-13-28(34)35)18-20-38-26-11-4-5-12-27(26)39-29-24(30(32)36)9-6-14-31-29/h2-6,8-12,14H,7,13,15-22H2,1H3. The number of amides is 2. The molecule has 0 aliphatic carbocycles. The van der Waals surface area contributed by atoms with Gasteiger partial charge in [-0.2, -0.15) is 0 Å². The molecule has 3 aromatic rings. The van der Waals surface area contributed by atoms with Gasteiger partial charge in [0.05, 0.1) is 6.54 Å². The predicted octanol–water partition coefficient (Wildman–Crippen LogP) is 3.84. The van der Waals surface area contributed by atoms with Gasteiger partial charge in [-0.25, -0.2) is 4.98 Å². The minimum atomic E-state index is -0.157. The number of likely N-dealkylation sites (N-methyl/N-ethyl adjacent to an activating group) is 1. The van der Waals surface area contributed by atoms with Gasteiger partial charge in [0.25, 0.3) is 5.91 Å². The first-order valence-corrected chi connectivity index (χ1v) is 13.4. The second-order valence-electron chi connectivity index (χ2n) is 9.70. The van der Waals surface area contributed by atoms with E-state index in [-0.39, 0.29) is 17.7 Å². The van der Waals surface area contributed by atoms with E-state index in [1.165, 1.54) is 0 Å². The van der Waals surface area contributed by atoms with Crippen LogP contribution in [0.2, 0.25) is 0 Å². The molecule has 2 aromatic carbocycles. The third kappa shape index (κ3) is 6.67. The molecule has 1 saturated heterocycles. The molecule has 1 fully saturated rings. The van der Waals surface area contributed by atoms with Crippen molar-refractivity contribution in [3.05, 3.63) is 78.0 Å². The van der Waals surface area contributed by atoms with Crippen LogP contribution in [0.15, 0.2) is 66.9 Å². The second kappa shape index (κ2) is 12.6. The number of hydrogen-bond acceptors (Lipinski definition) is 7. The molecule has 39 heavy (non-hydrogen) atoms. The summed E-state index contributed by atoms with van der Waals surface area (Å²) in [6.45, 7) is 4.70. The van der Waals surface area contributed by atoms with Crippen LogP contribution in [0.25, 0.3) is 0 Å². The van der Waals surface area contributed by atoms with E-state index in [1.807, 2.05) is 47.4 Å². The highest BCUT2D eigenvalue weighted by Crippen LogP contribution is 2.32. The van der Waals surface area contributed by atoms with Crippen molar-refractivity contribution in [1.82, 2.24) is 19.7 Å². The Hall–Kier alpha value is -4.11. The molecule has 5 rings (SSSR count). The van der Waals surface area contributed by atoms with Crippen molar-refractivity contribution in [1.29, 1.82) is 0 Å². The normalized spacial score (nSPS) is 16.7. The third-order valence-electron chi connectivity index (χ3n) is 6.98. The molecular formula is C30H34N4O5. The zero-order valence-corrected chi connectivity index (χ0v) is 22.3. The first kappa shape index (κ1) is 26.5. The number of carbonyl (C=O) groups excluding carboxylic acids is 2. The largest absolute Gasteiger partial charge is 0.491 e. The van der Waals surface area contributed by atoms with Gasteiger partial charge in [-0.1, -0.05) is 30.3 Å². The Balaban J connectivity index is 1.32. The Morgan fingerprint density at radius 1 is 0.923 bits per heavy atom. The van der Waals surface area contributed by atoms with Crippen LogP contribution in [0, 0.1) is 0 Å². The molecule has 1 aromatic heterocycles. The Kier molecular flexibility index (Phi) is 8.58. The minimum absolute atomic E-state index is 0.157. The van der Waals surface area contributed by atoms with E-state index in [0.717, 1.165) is 24.3 Å². The molecule has 0 unspecified atom stereocenters. The van der Waals surface area contributed by atoms with Crippen LogP contribution in [0.1, 0.15) is 28.8 Å². The average molecular weight is 531 g/mol. The summed E-state index contributed by atoms with van der Waals surface area (Å²) in [4.78, 5) is 35.4. The van der Waals surface area contributed by atoms with Crippen molar-refractivity contribution in [2.75, 3.05) is 53.0 Å². The highest BCUT2D eigenvalue weighted by Gasteiger charge is 2.22. The maximum Gasteiger partial charge on any atom is 0.259 e. The molecule has 0 bridgehead atoms. The van der Waals surface area contributed by atoms with E-state index in [2.05, 4.69) is 16.0 Å². The van der Waals surface area contributed by atoms with Gasteiger partial charge in [0, 0.05) is 58.0 Å². The minimum Gasteiger partial charge on any atom is -0.491 e. The quantitative estimate of drug-likeness (QED) is 0.479. The number of para-hydroxylation sites is 3. The van der Waals surface area contributed by atoms with Gasteiger partial charge >= 0.3 is 0 Å². The van der Waals surface area contributed by atoms with Gasteiger partial charge < -0.3 is 24.0 Å². The molecule has 9 heteroatoms. The van der Waals surface area contributed by atoms with Crippen LogP contribution >= 0.6 is 0 Å². The third-order valence-corrected chi connectivity index (χ3v) is 6.98. The Labute approximate surface area is 228 Å². The van der Waals surface area contributed by atoms with Crippen LogP contribution in [0.3, 0.4) is 0 Å². The summed E-state index contributed by atoms with van der Waals surface area (Å²) in [6, 6.07) is 18.8. The number of pyridine rings is 1. The highest BCUT2D eigenvalue weighted by molar-refractivity contribution is 5.96. The number of likely N-dealkylation sites (tertiary alicyclic amines) is 1. The smallest absolute Gasteiger partial charge is 0.259 e. The van der Waals surface area contributed by atoms with E-state index in [4.69, 9.17) is 14.2 Å². The number of nitrogens with zero attached hydrogens (tertiary/aromatic N) is 4. The molecule has 2 aliphatic rings. The molecule has 0 spiro atoms. The number of aromatic nitrogens is 1. The summed E-state index contributed by atoms with van der Waals surface area (Å²) in [5, 5.41) is 0. The number of benzene rings is 2. The number of ether oxygens (including phenoxy) is 3. The van der Waals surface area contributed by atoms with E-state index in [9.17, 15) is 9.59 Å². The van der Waals surface area contributed by atoms with Crippen LogP contribution in [-0.4, -0.2) is 84.5 Å².